The number of nitrogens with one attached hydrogen (secondary N) is 1. The van der Waals surface area contributed by atoms with Gasteiger partial charge >= 0.3 is 0 Å². The number of H-pyrrole nitrogens is 1. The van der Waals surface area contributed by atoms with Gasteiger partial charge in [-0.1, -0.05) is 28.8 Å². The lowest BCUT2D eigenvalue weighted by atomic mass is 10.0. The second kappa shape index (κ2) is 6.05. The minimum Gasteiger partial charge on any atom is -0.306 e. The zero-order chi connectivity index (χ0) is 15.0. The molecule has 1 aromatic carbocycles. The SMILES string of the molecule is Cc1cc(Br)ccc1-c1nc(C2CCCC2)c(Br)c(=O)[nH]1. The molecule has 1 heterocycles. The second-order valence-electron chi connectivity index (χ2n) is 5.55. The molecule has 1 aromatic heterocycles. The largest absolute Gasteiger partial charge is 0.306 e. The van der Waals surface area contributed by atoms with Gasteiger partial charge in [-0.2, -0.15) is 0 Å². The predicted molar refractivity (Wildman–Crippen MR) is 91.6 cm³/mol. The molecule has 21 heavy (non-hydrogen) atoms. The van der Waals surface area contributed by atoms with E-state index in [1.54, 1.807) is 0 Å². The molecule has 1 aliphatic rings. The summed E-state index contributed by atoms with van der Waals surface area (Å²) >= 11 is 6.88. The molecule has 1 aliphatic carbocycles. The molecule has 0 unspecified atom stereocenters. The van der Waals surface area contributed by atoms with Crippen LogP contribution in [0, 0.1) is 6.92 Å². The lowest BCUT2D eigenvalue weighted by Crippen LogP contribution is -2.15. The number of hydrogen-bond donors (Lipinski definition) is 1. The first-order valence-corrected chi connectivity index (χ1v) is 8.71. The molecule has 5 heteroatoms. The van der Waals surface area contributed by atoms with Crippen molar-refractivity contribution in [1.29, 1.82) is 0 Å². The smallest absolute Gasteiger partial charge is 0.265 e. The van der Waals surface area contributed by atoms with Crippen LogP contribution in [0.25, 0.3) is 11.4 Å². The molecule has 0 amide bonds. The Kier molecular flexibility index (Phi) is 4.31. The van der Waals surface area contributed by atoms with Gasteiger partial charge in [0.15, 0.2) is 0 Å². The summed E-state index contributed by atoms with van der Waals surface area (Å²) in [7, 11) is 0. The molecular formula is C16H16Br2N2O. The van der Waals surface area contributed by atoms with Crippen molar-refractivity contribution in [3.8, 4) is 11.4 Å². The Bertz CT molecular complexity index is 734. The van der Waals surface area contributed by atoms with Gasteiger partial charge in [0.2, 0.25) is 0 Å². The molecule has 3 nitrogen and oxygen atoms in total. The first-order valence-electron chi connectivity index (χ1n) is 7.12. The van der Waals surface area contributed by atoms with E-state index in [9.17, 15) is 4.79 Å². The first kappa shape index (κ1) is 15.0. The Morgan fingerprint density at radius 3 is 2.62 bits per heavy atom. The molecule has 110 valence electrons. The van der Waals surface area contributed by atoms with E-state index in [2.05, 4.69) is 36.8 Å². The normalized spacial score (nSPS) is 15.6. The van der Waals surface area contributed by atoms with Crippen LogP contribution in [-0.2, 0) is 0 Å². The van der Waals surface area contributed by atoms with E-state index >= 15 is 0 Å². The van der Waals surface area contributed by atoms with Crippen molar-refractivity contribution in [3.63, 3.8) is 0 Å². The second-order valence-corrected chi connectivity index (χ2v) is 7.26. The van der Waals surface area contributed by atoms with Crippen molar-refractivity contribution < 1.29 is 0 Å². The third kappa shape index (κ3) is 2.99. The molecule has 0 spiro atoms. The molecule has 0 bridgehead atoms. The zero-order valence-electron chi connectivity index (χ0n) is 11.7. The fourth-order valence-corrected chi connectivity index (χ4v) is 3.95. The van der Waals surface area contributed by atoms with Crippen LogP contribution in [0.4, 0.5) is 0 Å². The van der Waals surface area contributed by atoms with Gasteiger partial charge in [-0.05, 0) is 59.5 Å². The Morgan fingerprint density at radius 1 is 1.24 bits per heavy atom. The van der Waals surface area contributed by atoms with E-state index in [0.29, 0.717) is 16.2 Å². The van der Waals surface area contributed by atoms with E-state index in [1.165, 1.54) is 12.8 Å². The highest BCUT2D eigenvalue weighted by molar-refractivity contribution is 9.10. The maximum absolute atomic E-state index is 12.2. The molecule has 0 saturated heterocycles. The summed E-state index contributed by atoms with van der Waals surface area (Å²) in [6, 6.07) is 6.00. The van der Waals surface area contributed by atoms with Gasteiger partial charge in [0.1, 0.15) is 10.3 Å². The van der Waals surface area contributed by atoms with E-state index in [4.69, 9.17) is 4.98 Å². The maximum atomic E-state index is 12.2. The minimum absolute atomic E-state index is 0.0933. The van der Waals surface area contributed by atoms with Crippen LogP contribution in [0.15, 0.2) is 31.9 Å². The van der Waals surface area contributed by atoms with Crippen molar-refractivity contribution in [3.05, 3.63) is 48.8 Å². The summed E-state index contributed by atoms with van der Waals surface area (Å²) in [4.78, 5) is 19.9. The summed E-state index contributed by atoms with van der Waals surface area (Å²) in [5.41, 5.74) is 2.88. The number of hydrogen-bond acceptors (Lipinski definition) is 2. The summed E-state index contributed by atoms with van der Waals surface area (Å²) < 4.78 is 1.62. The van der Waals surface area contributed by atoms with Crippen molar-refractivity contribution >= 4 is 31.9 Å². The van der Waals surface area contributed by atoms with Crippen LogP contribution < -0.4 is 5.56 Å². The van der Waals surface area contributed by atoms with Gasteiger partial charge in [0.05, 0.1) is 5.69 Å². The number of rotatable bonds is 2. The van der Waals surface area contributed by atoms with Crippen molar-refractivity contribution in [2.45, 2.75) is 38.5 Å². The minimum atomic E-state index is -0.0933. The monoisotopic (exact) mass is 410 g/mol. The van der Waals surface area contributed by atoms with Gasteiger partial charge in [-0.25, -0.2) is 4.98 Å². The fraction of sp³-hybridized carbons (Fsp3) is 0.375. The maximum Gasteiger partial charge on any atom is 0.265 e. The first-order chi connectivity index (χ1) is 10.1. The Hall–Kier alpha value is -0.940. The predicted octanol–water partition coefficient (Wildman–Crippen LogP) is 4.93. The molecule has 2 aromatic rings. The van der Waals surface area contributed by atoms with E-state index in [1.807, 2.05) is 25.1 Å². The van der Waals surface area contributed by atoms with Crippen LogP contribution in [0.2, 0.25) is 0 Å². The lowest BCUT2D eigenvalue weighted by Gasteiger charge is -2.13. The highest BCUT2D eigenvalue weighted by atomic mass is 79.9. The fourth-order valence-electron chi connectivity index (χ4n) is 2.97. The number of aromatic nitrogens is 2. The molecule has 1 fully saturated rings. The Morgan fingerprint density at radius 2 is 1.95 bits per heavy atom. The molecule has 0 radical (unpaired) electrons. The van der Waals surface area contributed by atoms with Gasteiger partial charge in [-0.15, -0.1) is 0 Å². The average Bonchev–Trinajstić information content (AvgIpc) is 2.96. The quantitative estimate of drug-likeness (QED) is 0.761. The number of aryl methyl sites for hydroxylation is 1. The summed E-state index contributed by atoms with van der Waals surface area (Å²) in [5, 5.41) is 0. The van der Waals surface area contributed by atoms with Gasteiger partial charge in [-0.3, -0.25) is 4.79 Å². The highest BCUT2D eigenvalue weighted by Crippen LogP contribution is 2.36. The summed E-state index contributed by atoms with van der Waals surface area (Å²) in [5.74, 6) is 1.06. The van der Waals surface area contributed by atoms with E-state index in [-0.39, 0.29) is 5.56 Å². The van der Waals surface area contributed by atoms with Crippen LogP contribution in [0.1, 0.15) is 42.9 Å². The number of benzene rings is 1. The number of aromatic amines is 1. The third-order valence-electron chi connectivity index (χ3n) is 4.07. The van der Waals surface area contributed by atoms with Crippen LogP contribution in [-0.4, -0.2) is 9.97 Å². The topological polar surface area (TPSA) is 45.8 Å². The average molecular weight is 412 g/mol. The van der Waals surface area contributed by atoms with E-state index < -0.39 is 0 Å². The molecule has 0 aliphatic heterocycles. The van der Waals surface area contributed by atoms with Crippen LogP contribution in [0.3, 0.4) is 0 Å². The van der Waals surface area contributed by atoms with Crippen molar-refractivity contribution in [1.82, 2.24) is 9.97 Å². The number of halogens is 2. The Balaban J connectivity index is 2.13. The lowest BCUT2D eigenvalue weighted by molar-refractivity contribution is 0.688. The zero-order valence-corrected chi connectivity index (χ0v) is 14.9. The van der Waals surface area contributed by atoms with Gasteiger partial charge in [0.25, 0.3) is 5.56 Å². The standard InChI is InChI=1S/C16H16Br2N2O/c1-9-8-11(17)6-7-12(9)15-19-14(10-4-2-3-5-10)13(18)16(21)20-15/h6-8,10H,2-5H2,1H3,(H,19,20,21). The van der Waals surface area contributed by atoms with Crippen LogP contribution in [0.5, 0.6) is 0 Å². The molecular weight excluding hydrogens is 396 g/mol. The number of nitrogens with zero attached hydrogens (tertiary/aromatic N) is 1. The highest BCUT2D eigenvalue weighted by Gasteiger charge is 2.23. The summed E-state index contributed by atoms with van der Waals surface area (Å²) in [6.07, 6.45) is 4.68. The molecule has 1 N–H and O–H groups in total. The third-order valence-corrected chi connectivity index (χ3v) is 5.33. The Labute approximate surface area is 140 Å². The van der Waals surface area contributed by atoms with Gasteiger partial charge < -0.3 is 4.98 Å². The van der Waals surface area contributed by atoms with Crippen molar-refractivity contribution in [2.24, 2.45) is 0 Å². The van der Waals surface area contributed by atoms with Crippen molar-refractivity contribution in [2.75, 3.05) is 0 Å². The van der Waals surface area contributed by atoms with Gasteiger partial charge in [0, 0.05) is 16.0 Å². The summed E-state index contributed by atoms with van der Waals surface area (Å²) in [6.45, 7) is 2.03. The van der Waals surface area contributed by atoms with E-state index in [0.717, 1.165) is 34.1 Å². The molecule has 0 atom stereocenters. The van der Waals surface area contributed by atoms with Crippen LogP contribution >= 0.6 is 31.9 Å². The molecule has 3 rings (SSSR count). The molecule has 1 saturated carbocycles.